The van der Waals surface area contributed by atoms with Crippen LogP contribution >= 0.6 is 11.8 Å². The Morgan fingerprint density at radius 3 is 2.67 bits per heavy atom. The number of piperidine rings is 1. The fourth-order valence-corrected chi connectivity index (χ4v) is 4.70. The van der Waals surface area contributed by atoms with E-state index in [0.717, 1.165) is 19.0 Å². The van der Waals surface area contributed by atoms with Crippen LogP contribution in [0.3, 0.4) is 0 Å². The number of nitrogens with zero attached hydrogens (tertiary/aromatic N) is 2. The van der Waals surface area contributed by atoms with Gasteiger partial charge in [0.2, 0.25) is 0 Å². The molecular weight excluding hydrogens is 242 g/mol. The van der Waals surface area contributed by atoms with Gasteiger partial charge in [-0.15, -0.1) is 11.8 Å². The SMILES string of the molecule is Cc1nn(C2CCCS2)c(C)c1C1CCNCC1. The molecule has 2 saturated heterocycles. The van der Waals surface area contributed by atoms with Gasteiger partial charge in [0.25, 0.3) is 0 Å². The van der Waals surface area contributed by atoms with Crippen LogP contribution in [0, 0.1) is 13.8 Å². The van der Waals surface area contributed by atoms with E-state index >= 15 is 0 Å². The van der Waals surface area contributed by atoms with Crippen LogP contribution in [0.5, 0.6) is 0 Å². The lowest BCUT2D eigenvalue weighted by Crippen LogP contribution is -2.27. The van der Waals surface area contributed by atoms with Crippen molar-refractivity contribution in [3.05, 3.63) is 17.0 Å². The second-order valence-electron chi connectivity index (χ2n) is 5.52. The van der Waals surface area contributed by atoms with Gasteiger partial charge in [-0.05, 0) is 69.9 Å². The van der Waals surface area contributed by atoms with E-state index < -0.39 is 0 Å². The first-order valence-electron chi connectivity index (χ1n) is 7.15. The molecule has 3 rings (SSSR count). The molecule has 1 unspecified atom stereocenters. The standard InChI is InChI=1S/C14H23N3S/c1-10-14(12-5-7-15-8-6-12)11(2)17(16-10)13-4-3-9-18-13/h12-13,15H,3-9H2,1-2H3. The molecular formula is C14H23N3S. The molecule has 1 N–H and O–H groups in total. The summed E-state index contributed by atoms with van der Waals surface area (Å²) in [6, 6.07) is 0. The summed E-state index contributed by atoms with van der Waals surface area (Å²) in [6.45, 7) is 6.79. The maximum Gasteiger partial charge on any atom is 0.0974 e. The predicted molar refractivity (Wildman–Crippen MR) is 77.3 cm³/mol. The van der Waals surface area contributed by atoms with E-state index in [0.29, 0.717) is 5.37 Å². The Morgan fingerprint density at radius 2 is 2.00 bits per heavy atom. The maximum atomic E-state index is 4.84. The maximum absolute atomic E-state index is 4.84. The molecule has 18 heavy (non-hydrogen) atoms. The number of thioether (sulfide) groups is 1. The summed E-state index contributed by atoms with van der Waals surface area (Å²) in [5.74, 6) is 2.03. The van der Waals surface area contributed by atoms with E-state index in [1.165, 1.54) is 42.8 Å². The van der Waals surface area contributed by atoms with Crippen LogP contribution < -0.4 is 5.32 Å². The average molecular weight is 265 g/mol. The quantitative estimate of drug-likeness (QED) is 0.891. The molecule has 2 fully saturated rings. The minimum Gasteiger partial charge on any atom is -0.317 e. The minimum atomic E-state index is 0.596. The lowest BCUT2D eigenvalue weighted by atomic mass is 9.89. The zero-order chi connectivity index (χ0) is 12.5. The van der Waals surface area contributed by atoms with E-state index in [9.17, 15) is 0 Å². The first-order chi connectivity index (χ1) is 8.77. The van der Waals surface area contributed by atoms with Crippen molar-refractivity contribution in [3.63, 3.8) is 0 Å². The number of aryl methyl sites for hydroxylation is 1. The number of aromatic nitrogens is 2. The van der Waals surface area contributed by atoms with Crippen molar-refractivity contribution in [2.75, 3.05) is 18.8 Å². The third-order valence-electron chi connectivity index (χ3n) is 4.31. The first kappa shape index (κ1) is 12.5. The molecule has 3 nitrogen and oxygen atoms in total. The van der Waals surface area contributed by atoms with Gasteiger partial charge in [-0.25, -0.2) is 0 Å². The fourth-order valence-electron chi connectivity index (χ4n) is 3.41. The Balaban J connectivity index is 1.89. The summed E-state index contributed by atoms with van der Waals surface area (Å²) in [7, 11) is 0. The number of rotatable bonds is 2. The van der Waals surface area contributed by atoms with E-state index in [1.54, 1.807) is 5.56 Å². The molecule has 2 aliphatic heterocycles. The Bertz CT molecular complexity index is 415. The topological polar surface area (TPSA) is 29.9 Å². The van der Waals surface area contributed by atoms with Gasteiger partial charge >= 0.3 is 0 Å². The van der Waals surface area contributed by atoms with Crippen LogP contribution in [0.4, 0.5) is 0 Å². The molecule has 0 aromatic carbocycles. The van der Waals surface area contributed by atoms with Crippen molar-refractivity contribution in [1.82, 2.24) is 15.1 Å². The normalized spacial score (nSPS) is 25.8. The summed E-state index contributed by atoms with van der Waals surface area (Å²) >= 11 is 2.07. The molecule has 3 heterocycles. The van der Waals surface area contributed by atoms with E-state index in [1.807, 2.05) is 0 Å². The highest BCUT2D eigenvalue weighted by Gasteiger charge is 2.26. The second-order valence-corrected chi connectivity index (χ2v) is 6.81. The van der Waals surface area contributed by atoms with Crippen molar-refractivity contribution < 1.29 is 0 Å². The summed E-state index contributed by atoms with van der Waals surface area (Å²) in [6.07, 6.45) is 5.17. The van der Waals surface area contributed by atoms with Crippen molar-refractivity contribution in [3.8, 4) is 0 Å². The molecule has 0 radical (unpaired) electrons. The molecule has 0 saturated carbocycles. The van der Waals surface area contributed by atoms with Crippen LogP contribution in [-0.4, -0.2) is 28.6 Å². The number of hydrogen-bond acceptors (Lipinski definition) is 3. The summed E-state index contributed by atoms with van der Waals surface area (Å²) in [4.78, 5) is 0. The molecule has 4 heteroatoms. The van der Waals surface area contributed by atoms with Crippen LogP contribution in [0.15, 0.2) is 0 Å². The Labute approximate surface area is 114 Å². The van der Waals surface area contributed by atoms with Crippen LogP contribution in [-0.2, 0) is 0 Å². The van der Waals surface area contributed by atoms with Crippen LogP contribution in [0.1, 0.15) is 53.9 Å². The highest BCUT2D eigenvalue weighted by Crippen LogP contribution is 2.39. The molecule has 0 bridgehead atoms. The highest BCUT2D eigenvalue weighted by molar-refractivity contribution is 7.99. The molecule has 1 aromatic heterocycles. The van der Waals surface area contributed by atoms with E-state index in [4.69, 9.17) is 5.10 Å². The summed E-state index contributed by atoms with van der Waals surface area (Å²) < 4.78 is 2.31. The van der Waals surface area contributed by atoms with Gasteiger partial charge in [-0.2, -0.15) is 5.10 Å². The number of nitrogens with one attached hydrogen (secondary N) is 1. The molecule has 0 spiro atoms. The monoisotopic (exact) mass is 265 g/mol. The zero-order valence-electron chi connectivity index (χ0n) is 11.4. The van der Waals surface area contributed by atoms with Gasteiger partial charge in [0.1, 0.15) is 0 Å². The lowest BCUT2D eigenvalue weighted by molar-refractivity contribution is 0.457. The summed E-state index contributed by atoms with van der Waals surface area (Å²) in [5, 5.41) is 8.89. The fraction of sp³-hybridized carbons (Fsp3) is 0.786. The Hall–Kier alpha value is -0.480. The number of hydrogen-bond donors (Lipinski definition) is 1. The molecule has 2 aliphatic rings. The molecule has 100 valence electrons. The van der Waals surface area contributed by atoms with Gasteiger partial charge in [0.05, 0.1) is 11.1 Å². The smallest absolute Gasteiger partial charge is 0.0974 e. The van der Waals surface area contributed by atoms with Crippen molar-refractivity contribution >= 4 is 11.8 Å². The minimum absolute atomic E-state index is 0.596. The Morgan fingerprint density at radius 1 is 1.22 bits per heavy atom. The van der Waals surface area contributed by atoms with Crippen molar-refractivity contribution in [2.24, 2.45) is 0 Å². The first-order valence-corrected chi connectivity index (χ1v) is 8.20. The van der Waals surface area contributed by atoms with E-state index in [-0.39, 0.29) is 0 Å². The van der Waals surface area contributed by atoms with Gasteiger partial charge in [0.15, 0.2) is 0 Å². The van der Waals surface area contributed by atoms with Crippen LogP contribution in [0.25, 0.3) is 0 Å². The lowest BCUT2D eigenvalue weighted by Gasteiger charge is -2.23. The Kier molecular flexibility index (Phi) is 3.66. The van der Waals surface area contributed by atoms with Crippen LogP contribution in [0.2, 0.25) is 0 Å². The van der Waals surface area contributed by atoms with Gasteiger partial charge in [0, 0.05) is 5.69 Å². The molecule has 1 atom stereocenters. The van der Waals surface area contributed by atoms with Crippen molar-refractivity contribution in [1.29, 1.82) is 0 Å². The highest BCUT2D eigenvalue weighted by atomic mass is 32.2. The molecule has 0 aliphatic carbocycles. The molecule has 0 amide bonds. The largest absolute Gasteiger partial charge is 0.317 e. The molecule has 1 aromatic rings. The van der Waals surface area contributed by atoms with E-state index in [2.05, 4.69) is 35.6 Å². The van der Waals surface area contributed by atoms with Gasteiger partial charge < -0.3 is 5.32 Å². The third kappa shape index (κ3) is 2.21. The zero-order valence-corrected chi connectivity index (χ0v) is 12.2. The van der Waals surface area contributed by atoms with Gasteiger partial charge in [-0.1, -0.05) is 0 Å². The average Bonchev–Trinajstić information content (AvgIpc) is 2.99. The van der Waals surface area contributed by atoms with Gasteiger partial charge in [-0.3, -0.25) is 4.68 Å². The third-order valence-corrected chi connectivity index (χ3v) is 5.65. The van der Waals surface area contributed by atoms with Crippen molar-refractivity contribution in [2.45, 2.75) is 50.8 Å². The predicted octanol–water partition coefficient (Wildman–Crippen LogP) is 2.99. The second kappa shape index (κ2) is 5.25. The summed E-state index contributed by atoms with van der Waals surface area (Å²) in [5.41, 5.74) is 4.25.